The first-order valence-electron chi connectivity index (χ1n) is 6.66. The maximum absolute atomic E-state index is 10.3. The number of hydrogen-bond donors (Lipinski definition) is 1. The van der Waals surface area contributed by atoms with Crippen molar-refractivity contribution in [2.75, 3.05) is 6.61 Å². The highest BCUT2D eigenvalue weighted by Gasteiger charge is 2.19. The van der Waals surface area contributed by atoms with Crippen molar-refractivity contribution in [1.82, 2.24) is 0 Å². The number of fused-ring (bicyclic) bond motifs is 1. The topological polar surface area (TPSA) is 29.5 Å². The zero-order valence-electron chi connectivity index (χ0n) is 10.8. The maximum Gasteiger partial charge on any atom is 0.122 e. The Morgan fingerprint density at radius 1 is 1.41 bits per heavy atom. The average molecular weight is 234 g/mol. The van der Waals surface area contributed by atoms with Crippen LogP contribution in [0.2, 0.25) is 0 Å². The van der Waals surface area contributed by atoms with Gasteiger partial charge in [0.25, 0.3) is 0 Å². The van der Waals surface area contributed by atoms with Gasteiger partial charge in [0.05, 0.1) is 12.7 Å². The van der Waals surface area contributed by atoms with Crippen LogP contribution in [0.5, 0.6) is 5.75 Å². The molecule has 2 rings (SSSR count). The predicted octanol–water partition coefficient (Wildman–Crippen LogP) is 3.48. The maximum atomic E-state index is 10.3. The van der Waals surface area contributed by atoms with E-state index in [2.05, 4.69) is 19.9 Å². The summed E-state index contributed by atoms with van der Waals surface area (Å²) in [6, 6.07) is 6.10. The van der Waals surface area contributed by atoms with Gasteiger partial charge in [-0.2, -0.15) is 0 Å². The third-order valence-electron chi connectivity index (χ3n) is 3.61. The molecule has 0 fully saturated rings. The van der Waals surface area contributed by atoms with Crippen LogP contribution >= 0.6 is 0 Å². The Balaban J connectivity index is 2.06. The molecule has 0 amide bonds. The third-order valence-corrected chi connectivity index (χ3v) is 3.61. The van der Waals surface area contributed by atoms with E-state index in [-0.39, 0.29) is 6.10 Å². The van der Waals surface area contributed by atoms with Gasteiger partial charge in [0.15, 0.2) is 0 Å². The lowest BCUT2D eigenvalue weighted by atomic mass is 9.92. The highest BCUT2D eigenvalue weighted by molar-refractivity contribution is 5.40. The highest BCUT2D eigenvalue weighted by atomic mass is 16.5. The van der Waals surface area contributed by atoms with Gasteiger partial charge in [-0.05, 0) is 35.6 Å². The van der Waals surface area contributed by atoms with Crippen LogP contribution in [0.4, 0.5) is 0 Å². The molecule has 2 unspecified atom stereocenters. The molecule has 0 saturated heterocycles. The molecule has 0 aromatic heterocycles. The second kappa shape index (κ2) is 5.54. The van der Waals surface area contributed by atoms with Crippen molar-refractivity contribution in [3.63, 3.8) is 0 Å². The summed E-state index contributed by atoms with van der Waals surface area (Å²) < 4.78 is 5.48. The minimum absolute atomic E-state index is 0.329. The molecule has 2 heteroatoms. The Morgan fingerprint density at radius 3 is 3.00 bits per heavy atom. The minimum atomic E-state index is -0.340. The minimum Gasteiger partial charge on any atom is -0.493 e. The van der Waals surface area contributed by atoms with Crippen molar-refractivity contribution >= 4 is 0 Å². The monoisotopic (exact) mass is 234 g/mol. The molecular formula is C15H22O2. The first kappa shape index (κ1) is 12.4. The number of hydrogen-bond acceptors (Lipinski definition) is 2. The van der Waals surface area contributed by atoms with Crippen LogP contribution in [-0.2, 0) is 6.42 Å². The van der Waals surface area contributed by atoms with E-state index in [0.29, 0.717) is 5.92 Å². The predicted molar refractivity (Wildman–Crippen MR) is 69.3 cm³/mol. The standard InChI is InChI=1S/C15H22O2/c1-3-4-5-11(2)15(16)13-6-7-14-12(10-13)8-9-17-14/h6-7,10-11,15-16H,3-5,8-9H2,1-2H3. The quantitative estimate of drug-likeness (QED) is 0.845. The van der Waals surface area contributed by atoms with Gasteiger partial charge in [0.1, 0.15) is 5.75 Å². The van der Waals surface area contributed by atoms with Crippen molar-refractivity contribution in [2.24, 2.45) is 5.92 Å². The Hall–Kier alpha value is -1.02. The number of unbranched alkanes of at least 4 members (excludes halogenated alkanes) is 1. The summed E-state index contributed by atoms with van der Waals surface area (Å²) in [5.74, 6) is 1.32. The molecule has 1 aliphatic heterocycles. The van der Waals surface area contributed by atoms with E-state index in [4.69, 9.17) is 4.74 Å². The molecule has 1 heterocycles. The zero-order valence-corrected chi connectivity index (χ0v) is 10.8. The largest absolute Gasteiger partial charge is 0.493 e. The van der Waals surface area contributed by atoms with Gasteiger partial charge < -0.3 is 9.84 Å². The van der Waals surface area contributed by atoms with Gasteiger partial charge in [-0.1, -0.05) is 32.8 Å². The summed E-state index contributed by atoms with van der Waals surface area (Å²) in [6.45, 7) is 5.09. The van der Waals surface area contributed by atoms with E-state index in [1.54, 1.807) is 0 Å². The molecule has 1 aromatic rings. The fraction of sp³-hybridized carbons (Fsp3) is 0.600. The third kappa shape index (κ3) is 2.81. The van der Waals surface area contributed by atoms with Crippen molar-refractivity contribution < 1.29 is 9.84 Å². The van der Waals surface area contributed by atoms with Gasteiger partial charge in [-0.15, -0.1) is 0 Å². The van der Waals surface area contributed by atoms with Crippen LogP contribution in [0.25, 0.3) is 0 Å². The van der Waals surface area contributed by atoms with Crippen LogP contribution in [-0.4, -0.2) is 11.7 Å². The first-order chi connectivity index (χ1) is 8.22. The Labute approximate surface area is 104 Å². The van der Waals surface area contributed by atoms with Crippen molar-refractivity contribution in [2.45, 2.75) is 45.6 Å². The average Bonchev–Trinajstić information content (AvgIpc) is 2.81. The van der Waals surface area contributed by atoms with Crippen LogP contribution in [0.15, 0.2) is 18.2 Å². The number of ether oxygens (including phenoxy) is 1. The molecule has 0 saturated carbocycles. The van der Waals surface area contributed by atoms with E-state index in [1.165, 1.54) is 18.4 Å². The van der Waals surface area contributed by atoms with Gasteiger partial charge >= 0.3 is 0 Å². The van der Waals surface area contributed by atoms with Crippen molar-refractivity contribution in [3.05, 3.63) is 29.3 Å². The molecule has 0 aliphatic carbocycles. The summed E-state index contributed by atoms with van der Waals surface area (Å²) in [5, 5.41) is 10.3. The molecule has 2 nitrogen and oxygen atoms in total. The summed E-state index contributed by atoms with van der Waals surface area (Å²) in [7, 11) is 0. The second-order valence-electron chi connectivity index (χ2n) is 5.03. The van der Waals surface area contributed by atoms with Crippen LogP contribution < -0.4 is 4.74 Å². The SMILES string of the molecule is CCCCC(C)C(O)c1ccc2c(c1)CCO2. The summed E-state index contributed by atoms with van der Waals surface area (Å²) in [4.78, 5) is 0. The zero-order chi connectivity index (χ0) is 12.3. The lowest BCUT2D eigenvalue weighted by Gasteiger charge is -2.19. The molecule has 0 bridgehead atoms. The van der Waals surface area contributed by atoms with Gasteiger partial charge in [-0.3, -0.25) is 0 Å². The highest BCUT2D eigenvalue weighted by Crippen LogP contribution is 2.31. The van der Waals surface area contributed by atoms with Crippen molar-refractivity contribution in [3.8, 4) is 5.75 Å². The molecule has 0 spiro atoms. The normalized spacial score (nSPS) is 17.4. The van der Waals surface area contributed by atoms with Crippen molar-refractivity contribution in [1.29, 1.82) is 0 Å². The molecule has 2 atom stereocenters. The Morgan fingerprint density at radius 2 is 2.24 bits per heavy atom. The molecule has 1 aromatic carbocycles. The van der Waals surface area contributed by atoms with Crippen LogP contribution in [0.1, 0.15) is 50.3 Å². The molecular weight excluding hydrogens is 212 g/mol. The first-order valence-corrected chi connectivity index (χ1v) is 6.66. The summed E-state index contributed by atoms with van der Waals surface area (Å²) >= 11 is 0. The van der Waals surface area contributed by atoms with E-state index >= 15 is 0 Å². The van der Waals surface area contributed by atoms with Gasteiger partial charge in [-0.25, -0.2) is 0 Å². The van der Waals surface area contributed by atoms with E-state index in [0.717, 1.165) is 30.8 Å². The van der Waals surface area contributed by atoms with Gasteiger partial charge in [0.2, 0.25) is 0 Å². The van der Waals surface area contributed by atoms with E-state index < -0.39 is 0 Å². The van der Waals surface area contributed by atoms with Crippen LogP contribution in [0.3, 0.4) is 0 Å². The number of aliphatic hydroxyl groups is 1. The fourth-order valence-electron chi connectivity index (χ4n) is 2.40. The smallest absolute Gasteiger partial charge is 0.122 e. The molecule has 1 N–H and O–H groups in total. The molecule has 1 aliphatic rings. The number of aliphatic hydroxyl groups excluding tert-OH is 1. The molecule has 0 radical (unpaired) electrons. The summed E-state index contributed by atoms with van der Waals surface area (Å²) in [6.07, 6.45) is 4.10. The Kier molecular flexibility index (Phi) is 4.06. The molecule has 17 heavy (non-hydrogen) atoms. The lowest BCUT2D eigenvalue weighted by molar-refractivity contribution is 0.111. The second-order valence-corrected chi connectivity index (χ2v) is 5.03. The number of benzene rings is 1. The fourth-order valence-corrected chi connectivity index (χ4v) is 2.40. The van der Waals surface area contributed by atoms with Crippen LogP contribution in [0, 0.1) is 5.92 Å². The van der Waals surface area contributed by atoms with Gasteiger partial charge in [0, 0.05) is 6.42 Å². The van der Waals surface area contributed by atoms with E-state index in [9.17, 15) is 5.11 Å². The van der Waals surface area contributed by atoms with E-state index in [1.807, 2.05) is 12.1 Å². The lowest BCUT2D eigenvalue weighted by Crippen LogP contribution is -2.09. The molecule has 94 valence electrons. The Bertz CT molecular complexity index is 373. The summed E-state index contributed by atoms with van der Waals surface area (Å²) in [5.41, 5.74) is 2.28. The number of rotatable bonds is 5.